The Kier molecular flexibility index (Phi) is 6.30. The lowest BCUT2D eigenvalue weighted by Crippen LogP contribution is -2.33. The minimum atomic E-state index is -1.07. The van der Waals surface area contributed by atoms with Crippen LogP contribution in [0.2, 0.25) is 0 Å². The molecule has 156 valence electrons. The van der Waals surface area contributed by atoms with Gasteiger partial charge in [-0.3, -0.25) is 19.2 Å². The summed E-state index contributed by atoms with van der Waals surface area (Å²) in [6, 6.07) is 14.1. The summed E-state index contributed by atoms with van der Waals surface area (Å²) in [5, 5.41) is 2.62. The molecular weight excluding hydrogens is 384 g/mol. The Labute approximate surface area is 175 Å². The average molecular weight is 408 g/mol. The van der Waals surface area contributed by atoms with Crippen molar-refractivity contribution in [2.75, 3.05) is 16.8 Å². The lowest BCUT2D eigenvalue weighted by atomic mass is 10.1. The first kappa shape index (κ1) is 21.2. The van der Waals surface area contributed by atoms with Crippen LogP contribution in [0.4, 0.5) is 11.4 Å². The first-order valence-corrected chi connectivity index (χ1v) is 9.74. The maximum absolute atomic E-state index is 12.5. The van der Waals surface area contributed by atoms with Gasteiger partial charge in [-0.1, -0.05) is 29.8 Å². The standard InChI is InChI=1S/C23H24N2O5/c1-14-8-10-18(11-9-14)25-13-17(12-21(25)27)23(29)30-16(3)22(28)24-20-7-5-4-6-19(20)15(2)26/h4-11,16-17H,12-13H2,1-3H3,(H,24,28)/t16-,17-/m0/s1. The first-order chi connectivity index (χ1) is 14.3. The number of amides is 2. The topological polar surface area (TPSA) is 92.8 Å². The van der Waals surface area contributed by atoms with Gasteiger partial charge >= 0.3 is 5.97 Å². The fourth-order valence-corrected chi connectivity index (χ4v) is 3.30. The summed E-state index contributed by atoms with van der Waals surface area (Å²) in [5.41, 5.74) is 2.54. The van der Waals surface area contributed by atoms with Crippen molar-refractivity contribution in [1.29, 1.82) is 0 Å². The molecule has 7 nitrogen and oxygen atoms in total. The van der Waals surface area contributed by atoms with Crippen molar-refractivity contribution >= 4 is 34.9 Å². The van der Waals surface area contributed by atoms with Crippen molar-refractivity contribution in [3.05, 3.63) is 59.7 Å². The van der Waals surface area contributed by atoms with Gasteiger partial charge in [0.15, 0.2) is 11.9 Å². The Bertz CT molecular complexity index is 983. The van der Waals surface area contributed by atoms with Crippen LogP contribution in [0.5, 0.6) is 0 Å². The molecule has 3 rings (SSSR count). The molecule has 1 N–H and O–H groups in total. The number of nitrogens with one attached hydrogen (secondary N) is 1. The van der Waals surface area contributed by atoms with Gasteiger partial charge in [0.25, 0.3) is 5.91 Å². The maximum atomic E-state index is 12.5. The van der Waals surface area contributed by atoms with E-state index in [9.17, 15) is 19.2 Å². The van der Waals surface area contributed by atoms with Crippen molar-refractivity contribution in [3.63, 3.8) is 0 Å². The second kappa shape index (κ2) is 8.90. The molecular formula is C23H24N2O5. The quantitative estimate of drug-likeness (QED) is 0.586. The van der Waals surface area contributed by atoms with E-state index in [1.807, 2.05) is 31.2 Å². The van der Waals surface area contributed by atoms with Crippen LogP contribution >= 0.6 is 0 Å². The number of Topliss-reactive ketones (excluding diaryl/α,β-unsaturated/α-hetero) is 1. The Morgan fingerprint density at radius 1 is 1.10 bits per heavy atom. The number of nitrogens with zero attached hydrogens (tertiary/aromatic N) is 1. The van der Waals surface area contributed by atoms with E-state index in [1.165, 1.54) is 13.8 Å². The van der Waals surface area contributed by atoms with Crippen LogP contribution in [0.3, 0.4) is 0 Å². The number of ketones is 1. The van der Waals surface area contributed by atoms with E-state index in [0.717, 1.165) is 11.3 Å². The molecule has 0 aromatic heterocycles. The van der Waals surface area contributed by atoms with Crippen molar-refractivity contribution in [2.45, 2.75) is 33.3 Å². The van der Waals surface area contributed by atoms with Crippen LogP contribution in [0, 0.1) is 12.8 Å². The predicted octanol–water partition coefficient (Wildman–Crippen LogP) is 3.12. The van der Waals surface area contributed by atoms with Gasteiger partial charge in [-0.05, 0) is 45.0 Å². The summed E-state index contributed by atoms with van der Waals surface area (Å²) in [6.07, 6.45) is -1.03. The second-order valence-electron chi connectivity index (χ2n) is 7.41. The van der Waals surface area contributed by atoms with E-state index >= 15 is 0 Å². The molecule has 0 radical (unpaired) electrons. The summed E-state index contributed by atoms with van der Waals surface area (Å²) >= 11 is 0. The molecule has 1 aliphatic rings. The number of hydrogen-bond acceptors (Lipinski definition) is 5. The van der Waals surface area contributed by atoms with Crippen LogP contribution in [0.1, 0.15) is 36.2 Å². The average Bonchev–Trinajstić information content (AvgIpc) is 3.10. The highest BCUT2D eigenvalue weighted by Gasteiger charge is 2.37. The number of para-hydroxylation sites is 1. The molecule has 0 unspecified atom stereocenters. The third-order valence-electron chi connectivity index (χ3n) is 5.03. The zero-order chi connectivity index (χ0) is 21.8. The molecule has 1 heterocycles. The van der Waals surface area contributed by atoms with E-state index in [1.54, 1.807) is 29.2 Å². The second-order valence-corrected chi connectivity index (χ2v) is 7.41. The number of carbonyl (C=O) groups excluding carboxylic acids is 4. The zero-order valence-electron chi connectivity index (χ0n) is 17.2. The number of carbonyl (C=O) groups is 4. The number of hydrogen-bond donors (Lipinski definition) is 1. The third kappa shape index (κ3) is 4.74. The smallest absolute Gasteiger partial charge is 0.312 e. The lowest BCUT2D eigenvalue weighted by Gasteiger charge is -2.18. The minimum absolute atomic E-state index is 0.0359. The van der Waals surface area contributed by atoms with Gasteiger partial charge in [-0.25, -0.2) is 0 Å². The number of ether oxygens (including phenoxy) is 1. The molecule has 0 saturated carbocycles. The highest BCUT2D eigenvalue weighted by atomic mass is 16.5. The Morgan fingerprint density at radius 3 is 2.43 bits per heavy atom. The fraction of sp³-hybridized carbons (Fsp3) is 0.304. The van der Waals surface area contributed by atoms with Crippen LogP contribution in [0.25, 0.3) is 0 Å². The largest absolute Gasteiger partial charge is 0.452 e. The summed E-state index contributed by atoms with van der Waals surface area (Å²) in [7, 11) is 0. The Morgan fingerprint density at radius 2 is 1.77 bits per heavy atom. The van der Waals surface area contributed by atoms with E-state index in [0.29, 0.717) is 11.3 Å². The van der Waals surface area contributed by atoms with Crippen molar-refractivity contribution < 1.29 is 23.9 Å². The molecule has 2 aromatic rings. The number of esters is 1. The van der Waals surface area contributed by atoms with Gasteiger partial charge in [0.05, 0.1) is 11.6 Å². The first-order valence-electron chi connectivity index (χ1n) is 9.74. The normalized spacial score (nSPS) is 16.8. The highest BCUT2D eigenvalue weighted by Crippen LogP contribution is 2.26. The van der Waals surface area contributed by atoms with E-state index in [2.05, 4.69) is 5.32 Å². The summed E-state index contributed by atoms with van der Waals surface area (Å²) in [4.78, 5) is 50.6. The number of aryl methyl sites for hydroxylation is 1. The van der Waals surface area contributed by atoms with Gasteiger partial charge in [0.1, 0.15) is 0 Å². The van der Waals surface area contributed by atoms with Crippen molar-refractivity contribution in [1.82, 2.24) is 0 Å². The van der Waals surface area contributed by atoms with Gasteiger partial charge in [-0.2, -0.15) is 0 Å². The number of benzene rings is 2. The number of rotatable bonds is 6. The fourth-order valence-electron chi connectivity index (χ4n) is 3.30. The van der Waals surface area contributed by atoms with Crippen LogP contribution in [-0.2, 0) is 19.1 Å². The summed E-state index contributed by atoms with van der Waals surface area (Å²) in [6.45, 7) is 5.03. The minimum Gasteiger partial charge on any atom is -0.452 e. The van der Waals surface area contributed by atoms with Gasteiger partial charge in [-0.15, -0.1) is 0 Å². The Hall–Kier alpha value is -3.48. The zero-order valence-corrected chi connectivity index (χ0v) is 17.2. The van der Waals surface area contributed by atoms with Gasteiger partial charge < -0.3 is 15.0 Å². The summed E-state index contributed by atoms with van der Waals surface area (Å²) in [5.74, 6) is -2.12. The molecule has 2 atom stereocenters. The van der Waals surface area contributed by atoms with E-state index in [-0.39, 0.29) is 24.7 Å². The molecule has 1 saturated heterocycles. The molecule has 0 bridgehead atoms. The maximum Gasteiger partial charge on any atom is 0.312 e. The lowest BCUT2D eigenvalue weighted by molar-refractivity contribution is -0.157. The third-order valence-corrected chi connectivity index (χ3v) is 5.03. The van der Waals surface area contributed by atoms with Crippen LogP contribution in [-0.4, -0.2) is 36.2 Å². The molecule has 2 aromatic carbocycles. The monoisotopic (exact) mass is 408 g/mol. The molecule has 0 spiro atoms. The van der Waals surface area contributed by atoms with Gasteiger partial charge in [0.2, 0.25) is 5.91 Å². The Balaban J connectivity index is 1.60. The van der Waals surface area contributed by atoms with Crippen LogP contribution in [0.15, 0.2) is 48.5 Å². The molecule has 1 fully saturated rings. The van der Waals surface area contributed by atoms with Crippen LogP contribution < -0.4 is 10.2 Å². The van der Waals surface area contributed by atoms with E-state index < -0.39 is 23.9 Å². The predicted molar refractivity (Wildman–Crippen MR) is 112 cm³/mol. The molecule has 0 aliphatic carbocycles. The highest BCUT2D eigenvalue weighted by molar-refractivity contribution is 6.05. The summed E-state index contributed by atoms with van der Waals surface area (Å²) < 4.78 is 5.31. The molecule has 2 amide bonds. The SMILES string of the molecule is CC(=O)c1ccccc1NC(=O)[C@H](C)OC(=O)[C@H]1CC(=O)N(c2ccc(C)cc2)C1. The molecule has 30 heavy (non-hydrogen) atoms. The van der Waals surface area contributed by atoms with E-state index in [4.69, 9.17) is 4.74 Å². The van der Waals surface area contributed by atoms with Crippen molar-refractivity contribution in [2.24, 2.45) is 5.92 Å². The molecule has 1 aliphatic heterocycles. The molecule has 7 heteroatoms. The van der Waals surface area contributed by atoms with Gasteiger partial charge in [0, 0.05) is 24.2 Å². The van der Waals surface area contributed by atoms with Crippen molar-refractivity contribution in [3.8, 4) is 0 Å². The number of anilines is 2.